The first kappa shape index (κ1) is 7.92. The zero-order chi connectivity index (χ0) is 6.57. The third-order valence-electron chi connectivity index (χ3n) is 1.00. The molecule has 0 heterocycles. The van der Waals surface area contributed by atoms with Crippen LogP contribution in [-0.2, 0) is 0 Å². The van der Waals surface area contributed by atoms with E-state index >= 15 is 0 Å². The van der Waals surface area contributed by atoms with Crippen molar-refractivity contribution >= 4 is 0 Å². The zero-order valence-electron chi connectivity index (χ0n) is 5.46. The Hall–Kier alpha value is -0.0800. The van der Waals surface area contributed by atoms with Crippen molar-refractivity contribution in [1.29, 1.82) is 0 Å². The summed E-state index contributed by atoms with van der Waals surface area (Å²) in [6.07, 6.45) is 0.837. The summed E-state index contributed by atoms with van der Waals surface area (Å²) in [6, 6.07) is 0. The first-order chi connectivity index (χ1) is 3.63. The maximum Gasteiger partial charge on any atom is 0.0513 e. The van der Waals surface area contributed by atoms with E-state index in [4.69, 9.17) is 10.2 Å². The van der Waals surface area contributed by atoms with Crippen LogP contribution in [0.5, 0.6) is 0 Å². The molecule has 0 rings (SSSR count). The van der Waals surface area contributed by atoms with Gasteiger partial charge < -0.3 is 10.2 Å². The molecule has 0 fully saturated rings. The predicted octanol–water partition coefficient (Wildman–Crippen LogP) is 0.528. The van der Waals surface area contributed by atoms with Gasteiger partial charge in [-0.2, -0.15) is 0 Å². The van der Waals surface area contributed by atoms with E-state index in [0.29, 0.717) is 12.8 Å². The largest absolute Gasteiger partial charge is 0.393 e. The van der Waals surface area contributed by atoms with Crippen molar-refractivity contribution in [2.45, 2.75) is 38.9 Å². The van der Waals surface area contributed by atoms with Crippen molar-refractivity contribution in [3.05, 3.63) is 0 Å². The normalized spacial score (nSPS) is 18.0. The first-order valence-corrected chi connectivity index (χ1v) is 2.99. The fraction of sp³-hybridized carbons (Fsp3) is 1.00. The molecule has 0 spiro atoms. The number of rotatable bonds is 3. The summed E-state index contributed by atoms with van der Waals surface area (Å²) in [5, 5.41) is 17.4. The van der Waals surface area contributed by atoms with Gasteiger partial charge in [0.25, 0.3) is 0 Å². The smallest absolute Gasteiger partial charge is 0.0513 e. The lowest BCUT2D eigenvalue weighted by Crippen LogP contribution is -2.06. The molecule has 0 aliphatic rings. The van der Waals surface area contributed by atoms with E-state index in [9.17, 15) is 0 Å². The molecule has 0 radical (unpaired) electrons. The highest BCUT2D eigenvalue weighted by molar-refractivity contribution is 4.51. The highest BCUT2D eigenvalue weighted by Crippen LogP contribution is 1.98. The van der Waals surface area contributed by atoms with Crippen LogP contribution >= 0.6 is 0 Å². The lowest BCUT2D eigenvalue weighted by Gasteiger charge is -2.04. The Morgan fingerprint density at radius 3 is 1.38 bits per heavy atom. The van der Waals surface area contributed by atoms with Crippen molar-refractivity contribution in [2.75, 3.05) is 0 Å². The third kappa shape index (κ3) is 5.92. The topological polar surface area (TPSA) is 40.5 Å². The van der Waals surface area contributed by atoms with Crippen LogP contribution in [0.25, 0.3) is 0 Å². The van der Waals surface area contributed by atoms with Gasteiger partial charge in [-0.15, -0.1) is 0 Å². The van der Waals surface area contributed by atoms with Gasteiger partial charge in [0.05, 0.1) is 12.2 Å². The Morgan fingerprint density at radius 1 is 1.00 bits per heavy atom. The van der Waals surface area contributed by atoms with E-state index in [1.165, 1.54) is 0 Å². The van der Waals surface area contributed by atoms with E-state index in [1.807, 2.05) is 0 Å². The molecular formula is C6H14O2. The van der Waals surface area contributed by atoms with Crippen LogP contribution in [-0.4, -0.2) is 22.4 Å². The minimum absolute atomic E-state index is 0.274. The molecule has 2 atom stereocenters. The number of hydrogen-bond acceptors (Lipinski definition) is 2. The maximum atomic E-state index is 8.69. The van der Waals surface area contributed by atoms with Gasteiger partial charge in [0.15, 0.2) is 0 Å². The minimum atomic E-state index is -0.274. The van der Waals surface area contributed by atoms with Gasteiger partial charge in [-0.1, -0.05) is 0 Å². The molecule has 2 heteroatoms. The molecule has 2 nitrogen and oxygen atoms in total. The third-order valence-corrected chi connectivity index (χ3v) is 1.00. The predicted molar refractivity (Wildman–Crippen MR) is 32.6 cm³/mol. The molecule has 0 saturated heterocycles. The fourth-order valence-corrected chi connectivity index (χ4v) is 0.482. The molecule has 0 unspecified atom stereocenters. The molecule has 2 N–H and O–H groups in total. The first-order valence-electron chi connectivity index (χ1n) is 2.99. The lowest BCUT2D eigenvalue weighted by molar-refractivity contribution is 0.133. The van der Waals surface area contributed by atoms with Crippen molar-refractivity contribution in [1.82, 2.24) is 0 Å². The van der Waals surface area contributed by atoms with Gasteiger partial charge in [0.1, 0.15) is 0 Å². The molecule has 8 heavy (non-hydrogen) atoms. The maximum absolute atomic E-state index is 8.69. The number of hydrogen-bond donors (Lipinski definition) is 2. The zero-order valence-corrected chi connectivity index (χ0v) is 5.46. The van der Waals surface area contributed by atoms with E-state index < -0.39 is 0 Å². The Labute approximate surface area is 50.2 Å². The Morgan fingerprint density at radius 2 is 1.25 bits per heavy atom. The summed E-state index contributed by atoms with van der Waals surface area (Å²) >= 11 is 0. The molecule has 0 amide bonds. The van der Waals surface area contributed by atoms with Gasteiger partial charge in [0, 0.05) is 0 Å². The lowest BCUT2D eigenvalue weighted by atomic mass is 10.1. The average Bonchev–Trinajstić information content (AvgIpc) is 1.61. The van der Waals surface area contributed by atoms with E-state index in [2.05, 4.69) is 0 Å². The molecule has 0 aromatic heterocycles. The van der Waals surface area contributed by atoms with Gasteiger partial charge in [-0.25, -0.2) is 0 Å². The highest BCUT2D eigenvalue weighted by Gasteiger charge is 1.98. The number of aliphatic hydroxyl groups is 2. The van der Waals surface area contributed by atoms with Gasteiger partial charge >= 0.3 is 0 Å². The highest BCUT2D eigenvalue weighted by atomic mass is 16.3. The number of aliphatic hydroxyl groups excluding tert-OH is 2. The van der Waals surface area contributed by atoms with E-state index in [-0.39, 0.29) is 12.2 Å². The molecule has 0 bridgehead atoms. The summed E-state index contributed by atoms with van der Waals surface area (Å²) in [5.74, 6) is 0. The van der Waals surface area contributed by atoms with Gasteiger partial charge in [-0.05, 0) is 26.7 Å². The van der Waals surface area contributed by atoms with Crippen LogP contribution in [0.15, 0.2) is 0 Å². The Bertz CT molecular complexity index is 42.5. The summed E-state index contributed by atoms with van der Waals surface area (Å²) < 4.78 is 0. The van der Waals surface area contributed by atoms with Crippen molar-refractivity contribution in [2.24, 2.45) is 0 Å². The van der Waals surface area contributed by atoms with E-state index in [0.717, 1.165) is 0 Å². The standard InChI is InChI=1S/C6H14O2/c1-5(7)3-4-6(2)8/h5-8H,3-4H2,1-2H3/t5-,6+. The Kier molecular flexibility index (Phi) is 3.83. The van der Waals surface area contributed by atoms with Crippen LogP contribution in [0, 0.1) is 0 Å². The average molecular weight is 118 g/mol. The van der Waals surface area contributed by atoms with Crippen molar-refractivity contribution in [3.63, 3.8) is 0 Å². The molecule has 0 saturated carbocycles. The summed E-state index contributed by atoms with van der Waals surface area (Å²) in [4.78, 5) is 0. The SMILES string of the molecule is C[C@H](O)CC[C@@H](C)O. The summed E-state index contributed by atoms with van der Waals surface area (Å²) in [7, 11) is 0. The molecule has 50 valence electrons. The molecular weight excluding hydrogens is 104 g/mol. The van der Waals surface area contributed by atoms with E-state index in [1.54, 1.807) is 13.8 Å². The second-order valence-corrected chi connectivity index (χ2v) is 2.28. The van der Waals surface area contributed by atoms with Gasteiger partial charge in [0.2, 0.25) is 0 Å². The molecule has 0 aromatic carbocycles. The van der Waals surface area contributed by atoms with Crippen LogP contribution in [0.1, 0.15) is 26.7 Å². The quantitative estimate of drug-likeness (QED) is 0.567. The summed E-state index contributed by atoms with van der Waals surface area (Å²) in [5.41, 5.74) is 0. The molecule has 0 aliphatic heterocycles. The summed E-state index contributed by atoms with van der Waals surface area (Å²) in [6.45, 7) is 3.45. The van der Waals surface area contributed by atoms with Gasteiger partial charge in [-0.3, -0.25) is 0 Å². The fourth-order valence-electron chi connectivity index (χ4n) is 0.482. The van der Waals surface area contributed by atoms with Crippen molar-refractivity contribution < 1.29 is 10.2 Å². The molecule has 0 aromatic rings. The molecule has 0 aliphatic carbocycles. The minimum Gasteiger partial charge on any atom is -0.393 e. The van der Waals surface area contributed by atoms with Crippen LogP contribution < -0.4 is 0 Å². The monoisotopic (exact) mass is 118 g/mol. The van der Waals surface area contributed by atoms with Crippen molar-refractivity contribution in [3.8, 4) is 0 Å². The second kappa shape index (κ2) is 3.87. The van der Waals surface area contributed by atoms with Crippen LogP contribution in [0.4, 0.5) is 0 Å². The second-order valence-electron chi connectivity index (χ2n) is 2.28. The van der Waals surface area contributed by atoms with Crippen LogP contribution in [0.3, 0.4) is 0 Å². The Balaban J connectivity index is 2.93. The van der Waals surface area contributed by atoms with Crippen LogP contribution in [0.2, 0.25) is 0 Å².